The Morgan fingerprint density at radius 1 is 1.06 bits per heavy atom. The lowest BCUT2D eigenvalue weighted by atomic mass is 9.82. The van der Waals surface area contributed by atoms with Gasteiger partial charge < -0.3 is 0 Å². The first kappa shape index (κ1) is 9.97. The van der Waals surface area contributed by atoms with Crippen molar-refractivity contribution in [3.8, 4) is 0 Å². The minimum Gasteiger partial charge on any atom is -0.289 e. The van der Waals surface area contributed by atoms with Crippen LogP contribution in [0.5, 0.6) is 0 Å². The summed E-state index contributed by atoms with van der Waals surface area (Å²) in [4.78, 5) is 24.0. The van der Waals surface area contributed by atoms with Crippen molar-refractivity contribution in [3.63, 3.8) is 0 Å². The fourth-order valence-electron chi connectivity index (χ4n) is 2.18. The third kappa shape index (κ3) is 1.41. The van der Waals surface area contributed by atoms with E-state index in [2.05, 4.69) is 0 Å². The van der Waals surface area contributed by atoms with E-state index in [0.29, 0.717) is 16.7 Å². The summed E-state index contributed by atoms with van der Waals surface area (Å²) in [5.74, 6) is -0.152. The molecule has 2 heteroatoms. The Labute approximate surface area is 99.0 Å². The molecular weight excluding hydrogens is 212 g/mol. The Balaban J connectivity index is 2.29. The van der Waals surface area contributed by atoms with E-state index >= 15 is 0 Å². The first-order chi connectivity index (χ1) is 8.16. The van der Waals surface area contributed by atoms with Crippen LogP contribution in [0.15, 0.2) is 47.6 Å². The molecule has 0 fully saturated rings. The number of carbonyl (C=O) groups is 2. The molecule has 0 saturated carbocycles. The van der Waals surface area contributed by atoms with Gasteiger partial charge in [0.25, 0.3) is 0 Å². The normalized spacial score (nSPS) is 17.2. The van der Waals surface area contributed by atoms with Crippen LogP contribution in [0.25, 0.3) is 6.08 Å². The predicted molar refractivity (Wildman–Crippen MR) is 65.7 cm³/mol. The smallest absolute Gasteiger partial charge is 0.194 e. The van der Waals surface area contributed by atoms with Crippen molar-refractivity contribution in [1.82, 2.24) is 0 Å². The van der Waals surface area contributed by atoms with Crippen molar-refractivity contribution < 1.29 is 9.59 Å². The standard InChI is InChI=1S/C15H10O2/c1-9-5-6-10-8-13-11(3-2-4-14(13)16)15(17)12(10)7-9/h2-8H,1H3. The molecule has 2 nitrogen and oxygen atoms in total. The SMILES string of the molecule is Cc1ccc2c(c1)C(=O)C1=CC=CC(=O)C1=C2. The molecule has 0 bridgehead atoms. The molecule has 0 radical (unpaired) electrons. The molecule has 0 N–H and O–H groups in total. The quantitative estimate of drug-likeness (QED) is 0.676. The molecule has 0 atom stereocenters. The van der Waals surface area contributed by atoms with Gasteiger partial charge in [-0.1, -0.05) is 29.8 Å². The molecule has 0 saturated heterocycles. The molecule has 1 aromatic rings. The minimum atomic E-state index is -0.0953. The Bertz CT molecular complexity index is 643. The molecule has 1 aromatic carbocycles. The summed E-state index contributed by atoms with van der Waals surface area (Å²) in [5.41, 5.74) is 3.58. The summed E-state index contributed by atoms with van der Waals surface area (Å²) in [6.45, 7) is 1.95. The third-order valence-corrected chi connectivity index (χ3v) is 3.06. The average molecular weight is 222 g/mol. The van der Waals surface area contributed by atoms with Crippen LogP contribution in [0.4, 0.5) is 0 Å². The van der Waals surface area contributed by atoms with E-state index in [9.17, 15) is 9.59 Å². The van der Waals surface area contributed by atoms with Gasteiger partial charge in [0, 0.05) is 16.7 Å². The number of hydrogen-bond donors (Lipinski definition) is 0. The third-order valence-electron chi connectivity index (χ3n) is 3.06. The first-order valence-electron chi connectivity index (χ1n) is 5.47. The van der Waals surface area contributed by atoms with Gasteiger partial charge in [-0.3, -0.25) is 9.59 Å². The Morgan fingerprint density at radius 2 is 1.88 bits per heavy atom. The highest BCUT2D eigenvalue weighted by Crippen LogP contribution is 2.31. The van der Waals surface area contributed by atoms with Crippen LogP contribution in [0, 0.1) is 6.92 Å². The zero-order chi connectivity index (χ0) is 12.0. The number of Topliss-reactive ketones (excluding diaryl/α,β-unsaturated/α-hetero) is 1. The number of carbonyl (C=O) groups excluding carboxylic acids is 2. The number of allylic oxidation sites excluding steroid dienone is 5. The summed E-state index contributed by atoms with van der Waals surface area (Å²) in [6, 6.07) is 5.70. The molecule has 0 spiro atoms. The van der Waals surface area contributed by atoms with E-state index < -0.39 is 0 Å². The van der Waals surface area contributed by atoms with Crippen LogP contribution in [0.2, 0.25) is 0 Å². The summed E-state index contributed by atoms with van der Waals surface area (Å²) in [7, 11) is 0. The van der Waals surface area contributed by atoms with Gasteiger partial charge >= 0.3 is 0 Å². The van der Waals surface area contributed by atoms with Gasteiger partial charge in [0.05, 0.1) is 0 Å². The summed E-state index contributed by atoms with van der Waals surface area (Å²) in [6.07, 6.45) is 6.63. The van der Waals surface area contributed by atoms with E-state index in [-0.39, 0.29) is 11.6 Å². The van der Waals surface area contributed by atoms with E-state index in [1.807, 2.05) is 25.1 Å². The van der Waals surface area contributed by atoms with Gasteiger partial charge in [-0.05, 0) is 30.7 Å². The van der Waals surface area contributed by atoms with Gasteiger partial charge in [0.2, 0.25) is 0 Å². The van der Waals surface area contributed by atoms with E-state index in [1.165, 1.54) is 6.08 Å². The van der Waals surface area contributed by atoms with Gasteiger partial charge in [0.15, 0.2) is 11.6 Å². The highest BCUT2D eigenvalue weighted by molar-refractivity contribution is 6.27. The molecule has 0 unspecified atom stereocenters. The van der Waals surface area contributed by atoms with Crippen LogP contribution in [-0.2, 0) is 4.79 Å². The molecule has 82 valence electrons. The van der Waals surface area contributed by atoms with Crippen LogP contribution in [0.3, 0.4) is 0 Å². The van der Waals surface area contributed by atoms with Crippen molar-refractivity contribution in [2.24, 2.45) is 0 Å². The highest BCUT2D eigenvalue weighted by atomic mass is 16.1. The van der Waals surface area contributed by atoms with Gasteiger partial charge in [-0.15, -0.1) is 0 Å². The number of fused-ring (bicyclic) bond motifs is 2. The summed E-state index contributed by atoms with van der Waals surface area (Å²) in [5, 5.41) is 0. The van der Waals surface area contributed by atoms with Crippen LogP contribution in [-0.4, -0.2) is 11.6 Å². The van der Waals surface area contributed by atoms with Gasteiger partial charge in [-0.25, -0.2) is 0 Å². The van der Waals surface area contributed by atoms with Crippen molar-refractivity contribution in [2.75, 3.05) is 0 Å². The monoisotopic (exact) mass is 222 g/mol. The molecule has 17 heavy (non-hydrogen) atoms. The second-order valence-electron chi connectivity index (χ2n) is 4.28. The van der Waals surface area contributed by atoms with Crippen LogP contribution < -0.4 is 0 Å². The van der Waals surface area contributed by atoms with E-state index in [0.717, 1.165) is 11.1 Å². The first-order valence-corrected chi connectivity index (χ1v) is 5.47. The van der Waals surface area contributed by atoms with E-state index in [4.69, 9.17) is 0 Å². The molecule has 0 aromatic heterocycles. The van der Waals surface area contributed by atoms with Crippen molar-refractivity contribution in [2.45, 2.75) is 6.92 Å². The molecular formula is C15H10O2. The largest absolute Gasteiger partial charge is 0.289 e. The number of hydrogen-bond acceptors (Lipinski definition) is 2. The maximum Gasteiger partial charge on any atom is 0.194 e. The minimum absolute atomic E-state index is 0.0566. The van der Waals surface area contributed by atoms with Gasteiger partial charge in [-0.2, -0.15) is 0 Å². The lowest BCUT2D eigenvalue weighted by Gasteiger charge is -2.19. The second kappa shape index (κ2) is 3.39. The zero-order valence-corrected chi connectivity index (χ0v) is 9.36. The fourth-order valence-corrected chi connectivity index (χ4v) is 2.18. The van der Waals surface area contributed by atoms with E-state index in [1.54, 1.807) is 18.2 Å². The number of benzene rings is 1. The maximum atomic E-state index is 12.3. The Kier molecular flexibility index (Phi) is 1.99. The van der Waals surface area contributed by atoms with Crippen LogP contribution in [0.1, 0.15) is 21.5 Å². The lowest BCUT2D eigenvalue weighted by Crippen LogP contribution is -2.18. The number of aryl methyl sites for hydroxylation is 1. The highest BCUT2D eigenvalue weighted by Gasteiger charge is 2.27. The van der Waals surface area contributed by atoms with Crippen molar-refractivity contribution in [1.29, 1.82) is 0 Å². The lowest BCUT2D eigenvalue weighted by molar-refractivity contribution is -0.111. The molecule has 0 aliphatic heterocycles. The molecule has 3 rings (SSSR count). The zero-order valence-electron chi connectivity index (χ0n) is 9.36. The number of rotatable bonds is 0. The van der Waals surface area contributed by atoms with Crippen LogP contribution >= 0.6 is 0 Å². The van der Waals surface area contributed by atoms with Crippen molar-refractivity contribution >= 4 is 17.6 Å². The topological polar surface area (TPSA) is 34.1 Å². The summed E-state index contributed by atoms with van der Waals surface area (Å²) >= 11 is 0. The molecule has 2 aliphatic rings. The molecule has 0 heterocycles. The maximum absolute atomic E-state index is 12.3. The number of ketones is 2. The van der Waals surface area contributed by atoms with Gasteiger partial charge in [0.1, 0.15) is 0 Å². The Hall–Kier alpha value is -2.22. The van der Waals surface area contributed by atoms with Crippen molar-refractivity contribution in [3.05, 3.63) is 64.3 Å². The molecule has 0 amide bonds. The average Bonchev–Trinajstić information content (AvgIpc) is 2.32. The predicted octanol–water partition coefficient (Wildman–Crippen LogP) is 2.64. The molecule has 2 aliphatic carbocycles. The summed E-state index contributed by atoms with van der Waals surface area (Å²) < 4.78 is 0. The Morgan fingerprint density at radius 3 is 2.71 bits per heavy atom. The fraction of sp³-hybridized carbons (Fsp3) is 0.0667. The second-order valence-corrected chi connectivity index (χ2v) is 4.28.